The Bertz CT molecular complexity index is 755. The zero-order valence-electron chi connectivity index (χ0n) is 11.8. The molecule has 2 aromatic carbocycles. The monoisotopic (exact) mass is 332 g/mol. The molecule has 0 bridgehead atoms. The first kappa shape index (κ1) is 18.8. The summed E-state index contributed by atoms with van der Waals surface area (Å²) in [6, 6.07) is 9.65. The maximum atomic E-state index is 11.2. The fourth-order valence-corrected chi connectivity index (χ4v) is 2.76. The summed E-state index contributed by atoms with van der Waals surface area (Å²) in [7, 11) is -4.52. The van der Waals surface area contributed by atoms with E-state index < -0.39 is 10.1 Å². The van der Waals surface area contributed by atoms with Gasteiger partial charge in [-0.15, -0.1) is 0 Å². The van der Waals surface area contributed by atoms with Crippen molar-refractivity contribution in [2.45, 2.75) is 18.2 Å². The second-order valence-electron chi connectivity index (χ2n) is 4.31. The standard InChI is InChI=1S/C14H14O5S.K/c1-10(15)19-9-8-11-6-7-14(20(16,17)18)13-5-3-2-4-12(11)13;/h2-7H,8-9H2,1H3,(H,16,17,18);/q;+1/p-1. The summed E-state index contributed by atoms with van der Waals surface area (Å²) >= 11 is 0. The van der Waals surface area contributed by atoms with Gasteiger partial charge < -0.3 is 9.29 Å². The van der Waals surface area contributed by atoms with Gasteiger partial charge in [-0.1, -0.05) is 30.3 Å². The smallest absolute Gasteiger partial charge is 0.744 e. The molecule has 5 nitrogen and oxygen atoms in total. The van der Waals surface area contributed by atoms with Crippen LogP contribution in [0.5, 0.6) is 0 Å². The summed E-state index contributed by atoms with van der Waals surface area (Å²) in [5.74, 6) is -0.368. The minimum absolute atomic E-state index is 0. The topological polar surface area (TPSA) is 83.5 Å². The molecule has 0 aliphatic rings. The maximum Gasteiger partial charge on any atom is 1.00 e. The first-order valence-electron chi connectivity index (χ1n) is 5.99. The molecule has 106 valence electrons. The summed E-state index contributed by atoms with van der Waals surface area (Å²) in [4.78, 5) is 10.5. The van der Waals surface area contributed by atoms with E-state index in [0.29, 0.717) is 17.2 Å². The number of esters is 1. The molecule has 0 heterocycles. The first-order valence-corrected chi connectivity index (χ1v) is 7.40. The molecular weight excluding hydrogens is 319 g/mol. The minimum atomic E-state index is -4.52. The molecule has 0 saturated carbocycles. The van der Waals surface area contributed by atoms with Crippen LogP contribution in [0, 0.1) is 0 Å². The van der Waals surface area contributed by atoms with Crippen LogP contribution in [0.2, 0.25) is 0 Å². The molecule has 0 aliphatic carbocycles. The van der Waals surface area contributed by atoms with Gasteiger partial charge in [-0.25, -0.2) is 8.42 Å². The Kier molecular flexibility index (Phi) is 6.99. The summed E-state index contributed by atoms with van der Waals surface area (Å²) < 4.78 is 38.6. The van der Waals surface area contributed by atoms with E-state index in [4.69, 9.17) is 4.74 Å². The van der Waals surface area contributed by atoms with Crippen molar-refractivity contribution in [3.63, 3.8) is 0 Å². The van der Waals surface area contributed by atoms with Gasteiger partial charge in [0, 0.05) is 13.3 Å². The molecule has 0 atom stereocenters. The third kappa shape index (κ3) is 4.85. The fourth-order valence-electron chi connectivity index (χ4n) is 2.07. The summed E-state index contributed by atoms with van der Waals surface area (Å²) in [5, 5.41) is 1.07. The van der Waals surface area contributed by atoms with Gasteiger partial charge in [-0.3, -0.25) is 4.79 Å². The van der Waals surface area contributed by atoms with E-state index in [1.165, 1.54) is 13.0 Å². The van der Waals surface area contributed by atoms with Crippen LogP contribution in [0.25, 0.3) is 10.8 Å². The van der Waals surface area contributed by atoms with E-state index in [1.807, 2.05) is 0 Å². The van der Waals surface area contributed by atoms with Gasteiger partial charge in [0.2, 0.25) is 0 Å². The van der Waals surface area contributed by atoms with Gasteiger partial charge >= 0.3 is 57.4 Å². The van der Waals surface area contributed by atoms with Gasteiger partial charge in [-0.2, -0.15) is 0 Å². The SMILES string of the molecule is CC(=O)OCCc1ccc(S(=O)(=O)[O-])c2ccccc12.[K+]. The van der Waals surface area contributed by atoms with Crippen molar-refractivity contribution in [3.05, 3.63) is 42.0 Å². The third-order valence-electron chi connectivity index (χ3n) is 2.92. The molecule has 7 heteroatoms. The molecular formula is C14H13KO5S. The van der Waals surface area contributed by atoms with Crippen LogP contribution in [0.15, 0.2) is 41.3 Å². The van der Waals surface area contributed by atoms with Crippen LogP contribution in [0.3, 0.4) is 0 Å². The second-order valence-corrected chi connectivity index (χ2v) is 5.66. The van der Waals surface area contributed by atoms with Crippen molar-refractivity contribution in [1.29, 1.82) is 0 Å². The van der Waals surface area contributed by atoms with Crippen molar-refractivity contribution in [1.82, 2.24) is 0 Å². The van der Waals surface area contributed by atoms with Crippen molar-refractivity contribution in [2.75, 3.05) is 6.61 Å². The number of carbonyl (C=O) groups excluding carboxylic acids is 1. The van der Waals surface area contributed by atoms with Gasteiger partial charge in [0.15, 0.2) is 0 Å². The predicted octanol–water partition coefficient (Wildman–Crippen LogP) is -1.15. The number of fused-ring (bicyclic) bond motifs is 1. The largest absolute Gasteiger partial charge is 1.00 e. The van der Waals surface area contributed by atoms with Crippen molar-refractivity contribution >= 4 is 26.9 Å². The predicted molar refractivity (Wildman–Crippen MR) is 72.2 cm³/mol. The number of hydrogen-bond donors (Lipinski definition) is 0. The van der Waals surface area contributed by atoms with E-state index in [-0.39, 0.29) is 68.9 Å². The van der Waals surface area contributed by atoms with E-state index in [2.05, 4.69) is 0 Å². The van der Waals surface area contributed by atoms with Gasteiger partial charge in [0.05, 0.1) is 11.5 Å². The molecule has 2 aromatic rings. The molecule has 21 heavy (non-hydrogen) atoms. The zero-order chi connectivity index (χ0) is 14.8. The fraction of sp³-hybridized carbons (Fsp3) is 0.214. The van der Waals surface area contributed by atoms with Gasteiger partial charge in [0.1, 0.15) is 10.1 Å². The molecule has 0 spiro atoms. The van der Waals surface area contributed by atoms with E-state index in [1.54, 1.807) is 30.3 Å². The van der Waals surface area contributed by atoms with Crippen molar-refractivity contribution < 1.29 is 73.9 Å². The summed E-state index contributed by atoms with van der Waals surface area (Å²) in [6.07, 6.45) is 0.458. The van der Waals surface area contributed by atoms with Crippen molar-refractivity contribution in [3.8, 4) is 0 Å². The average molecular weight is 332 g/mol. The summed E-state index contributed by atoms with van der Waals surface area (Å²) in [5.41, 5.74) is 0.828. The van der Waals surface area contributed by atoms with Crippen LogP contribution in [-0.2, 0) is 26.1 Å². The van der Waals surface area contributed by atoms with Gasteiger partial charge in [-0.05, 0) is 22.4 Å². The Balaban J connectivity index is 0.00000220. The van der Waals surface area contributed by atoms with E-state index in [0.717, 1.165) is 5.56 Å². The zero-order valence-corrected chi connectivity index (χ0v) is 15.8. The molecule has 0 aliphatic heterocycles. The quantitative estimate of drug-likeness (QED) is 0.401. The Morgan fingerprint density at radius 1 is 1.14 bits per heavy atom. The second kappa shape index (κ2) is 7.82. The first-order chi connectivity index (χ1) is 9.39. The molecule has 2 rings (SSSR count). The Hall–Kier alpha value is -0.284. The molecule has 0 aromatic heterocycles. The van der Waals surface area contributed by atoms with Crippen LogP contribution in [0.4, 0.5) is 0 Å². The number of benzene rings is 2. The Morgan fingerprint density at radius 3 is 2.33 bits per heavy atom. The third-order valence-corrected chi connectivity index (χ3v) is 3.82. The Morgan fingerprint density at radius 2 is 1.76 bits per heavy atom. The van der Waals surface area contributed by atoms with Gasteiger partial charge in [0.25, 0.3) is 0 Å². The molecule has 0 saturated heterocycles. The Labute approximate surface area is 165 Å². The normalized spacial score (nSPS) is 11.0. The molecule has 0 fully saturated rings. The van der Waals surface area contributed by atoms with Crippen LogP contribution in [-0.4, -0.2) is 25.5 Å². The average Bonchev–Trinajstić information content (AvgIpc) is 2.37. The van der Waals surface area contributed by atoms with E-state index >= 15 is 0 Å². The maximum absolute atomic E-state index is 11.2. The van der Waals surface area contributed by atoms with Crippen LogP contribution in [0.1, 0.15) is 12.5 Å². The molecule has 0 radical (unpaired) electrons. The van der Waals surface area contributed by atoms with E-state index in [9.17, 15) is 17.8 Å². The van der Waals surface area contributed by atoms with Crippen molar-refractivity contribution in [2.24, 2.45) is 0 Å². The van der Waals surface area contributed by atoms with Crippen LogP contribution < -0.4 is 51.4 Å². The number of ether oxygens (including phenoxy) is 1. The number of carbonyl (C=O) groups is 1. The molecule has 0 unspecified atom stereocenters. The number of rotatable bonds is 4. The number of hydrogen-bond acceptors (Lipinski definition) is 5. The molecule has 0 N–H and O–H groups in total. The minimum Gasteiger partial charge on any atom is -0.744 e. The molecule has 0 amide bonds. The summed E-state index contributed by atoms with van der Waals surface area (Å²) in [6.45, 7) is 1.54. The van der Waals surface area contributed by atoms with Crippen LogP contribution >= 0.6 is 0 Å².